The van der Waals surface area contributed by atoms with Gasteiger partial charge in [0.25, 0.3) is 0 Å². The van der Waals surface area contributed by atoms with Crippen LogP contribution in [-0.4, -0.2) is 50.5 Å². The summed E-state index contributed by atoms with van der Waals surface area (Å²) in [6.07, 6.45) is -7.97. The Kier molecular flexibility index (Phi) is 6.59. The molecule has 0 bridgehead atoms. The SMILES string of the molecule is Cc1nc(OC2CCC(C(F)(F)F)CC2)cc(-c2cn(C[C@@H]3CNC(=O)O3)c3ccnc(C(F)(F)F)c23)n1. The molecule has 3 aromatic rings. The maximum absolute atomic E-state index is 14.0. The first-order chi connectivity index (χ1) is 17.9. The second kappa shape index (κ2) is 9.62. The second-order valence-electron chi connectivity index (χ2n) is 9.43. The molecule has 1 saturated heterocycles. The summed E-state index contributed by atoms with van der Waals surface area (Å²) in [7, 11) is 0. The van der Waals surface area contributed by atoms with E-state index >= 15 is 0 Å². The lowest BCUT2D eigenvalue weighted by Gasteiger charge is -2.29. The number of hydrogen-bond acceptors (Lipinski definition) is 6. The third-order valence-corrected chi connectivity index (χ3v) is 6.72. The first-order valence-corrected chi connectivity index (χ1v) is 12.0. The van der Waals surface area contributed by atoms with Gasteiger partial charge in [0, 0.05) is 29.4 Å². The summed E-state index contributed by atoms with van der Waals surface area (Å²) >= 11 is 0. The second-order valence-corrected chi connectivity index (χ2v) is 9.43. The number of carbonyl (C=O) groups excluding carboxylic acids is 1. The number of nitrogens with zero attached hydrogens (tertiary/aromatic N) is 4. The molecule has 1 N–H and O–H groups in total. The lowest BCUT2D eigenvalue weighted by molar-refractivity contribution is -0.185. The fourth-order valence-corrected chi connectivity index (χ4v) is 4.98. The molecule has 1 atom stereocenters. The van der Waals surface area contributed by atoms with E-state index in [1.807, 2.05) is 0 Å². The molecule has 1 aliphatic carbocycles. The van der Waals surface area contributed by atoms with E-state index in [9.17, 15) is 31.1 Å². The summed E-state index contributed by atoms with van der Waals surface area (Å²) in [5.74, 6) is -1.09. The molecule has 14 heteroatoms. The molecule has 0 radical (unpaired) electrons. The van der Waals surface area contributed by atoms with Crippen LogP contribution in [0.1, 0.15) is 37.2 Å². The molecule has 8 nitrogen and oxygen atoms in total. The molecule has 4 heterocycles. The van der Waals surface area contributed by atoms with Crippen LogP contribution in [0.5, 0.6) is 5.88 Å². The average molecular weight is 543 g/mol. The van der Waals surface area contributed by atoms with E-state index in [-0.39, 0.29) is 72.6 Å². The highest BCUT2D eigenvalue weighted by atomic mass is 19.4. The lowest BCUT2D eigenvalue weighted by atomic mass is 9.87. The van der Waals surface area contributed by atoms with Gasteiger partial charge in [-0.05, 0) is 38.7 Å². The van der Waals surface area contributed by atoms with E-state index < -0.39 is 42.3 Å². The minimum atomic E-state index is -4.76. The Hall–Kier alpha value is -3.58. The molecule has 2 aliphatic rings. The number of alkyl halides is 6. The highest BCUT2D eigenvalue weighted by Gasteiger charge is 2.42. The minimum absolute atomic E-state index is 0.0650. The largest absolute Gasteiger partial charge is 0.474 e. The van der Waals surface area contributed by atoms with Gasteiger partial charge in [-0.1, -0.05) is 0 Å². The number of aryl methyl sites for hydroxylation is 1. The number of nitrogens with one attached hydrogen (secondary N) is 1. The van der Waals surface area contributed by atoms with Crippen molar-refractivity contribution in [2.45, 2.75) is 63.7 Å². The van der Waals surface area contributed by atoms with Gasteiger partial charge in [-0.3, -0.25) is 4.98 Å². The molecule has 0 aromatic carbocycles. The summed E-state index contributed by atoms with van der Waals surface area (Å²) < 4.78 is 93.5. The number of ether oxygens (including phenoxy) is 2. The molecule has 204 valence electrons. The smallest absolute Gasteiger partial charge is 0.434 e. The van der Waals surface area contributed by atoms with Gasteiger partial charge in [-0.15, -0.1) is 0 Å². The minimum Gasteiger partial charge on any atom is -0.474 e. The van der Waals surface area contributed by atoms with E-state index in [0.29, 0.717) is 0 Å². The van der Waals surface area contributed by atoms with Gasteiger partial charge in [0.05, 0.1) is 30.2 Å². The molecule has 3 aromatic heterocycles. The Balaban J connectivity index is 1.50. The number of carbonyl (C=O) groups is 1. The number of hydrogen-bond donors (Lipinski definition) is 1. The van der Waals surface area contributed by atoms with Crippen molar-refractivity contribution in [3.05, 3.63) is 36.0 Å². The highest BCUT2D eigenvalue weighted by molar-refractivity contribution is 5.97. The van der Waals surface area contributed by atoms with Crippen molar-refractivity contribution < 1.29 is 40.6 Å². The molecule has 1 amide bonds. The zero-order chi connectivity index (χ0) is 27.2. The van der Waals surface area contributed by atoms with Crippen molar-refractivity contribution in [1.82, 2.24) is 24.8 Å². The van der Waals surface area contributed by atoms with Crippen molar-refractivity contribution in [2.24, 2.45) is 5.92 Å². The van der Waals surface area contributed by atoms with Crippen LogP contribution in [-0.2, 0) is 17.5 Å². The molecule has 0 unspecified atom stereocenters. The van der Waals surface area contributed by atoms with Crippen molar-refractivity contribution in [3.8, 4) is 17.1 Å². The van der Waals surface area contributed by atoms with Gasteiger partial charge < -0.3 is 19.4 Å². The highest BCUT2D eigenvalue weighted by Crippen LogP contribution is 2.41. The van der Waals surface area contributed by atoms with Gasteiger partial charge >= 0.3 is 18.4 Å². The number of pyridine rings is 1. The number of alkyl carbamates (subject to hydrolysis) is 1. The van der Waals surface area contributed by atoms with E-state index in [4.69, 9.17) is 9.47 Å². The molecule has 1 saturated carbocycles. The van der Waals surface area contributed by atoms with Crippen LogP contribution >= 0.6 is 0 Å². The first kappa shape index (κ1) is 26.0. The fraction of sp³-hybridized carbons (Fsp3) is 0.500. The van der Waals surface area contributed by atoms with E-state index in [1.54, 1.807) is 11.5 Å². The molecule has 2 fully saturated rings. The lowest BCUT2D eigenvalue weighted by Crippen LogP contribution is -2.32. The van der Waals surface area contributed by atoms with Crippen LogP contribution in [0.3, 0.4) is 0 Å². The van der Waals surface area contributed by atoms with Gasteiger partial charge in [-0.25, -0.2) is 9.78 Å². The Morgan fingerprint density at radius 3 is 2.50 bits per heavy atom. The van der Waals surface area contributed by atoms with Crippen LogP contribution in [0.4, 0.5) is 31.1 Å². The molecule has 1 aliphatic heterocycles. The van der Waals surface area contributed by atoms with Crippen LogP contribution in [0.25, 0.3) is 22.2 Å². The standard InChI is InChI=1S/C24H23F6N5O3/c1-12-33-17(8-19(34-12)37-14-4-2-13(3-5-14)23(25,26)27)16-11-35(10-15-9-32-22(36)38-15)18-6-7-31-21(20(16)18)24(28,29)30/h6-8,11,13-15H,2-5,9-10H2,1H3,(H,32,36)/t13?,14?,15-/m0/s1. The monoisotopic (exact) mass is 543 g/mol. The molecule has 5 rings (SSSR count). The Bertz CT molecular complexity index is 1350. The fourth-order valence-electron chi connectivity index (χ4n) is 4.98. The summed E-state index contributed by atoms with van der Waals surface area (Å²) in [5, 5.41) is 2.32. The van der Waals surface area contributed by atoms with Crippen LogP contribution in [0.15, 0.2) is 24.5 Å². The summed E-state index contributed by atoms with van der Waals surface area (Å²) in [4.78, 5) is 23.6. The summed E-state index contributed by atoms with van der Waals surface area (Å²) in [5.41, 5.74) is -0.627. The normalized spacial score (nSPS) is 22.4. The summed E-state index contributed by atoms with van der Waals surface area (Å²) in [6.45, 7) is 1.83. The predicted octanol–water partition coefficient (Wildman–Crippen LogP) is 5.43. The topological polar surface area (TPSA) is 91.2 Å². The zero-order valence-corrected chi connectivity index (χ0v) is 20.1. The zero-order valence-electron chi connectivity index (χ0n) is 20.1. The number of amides is 1. The average Bonchev–Trinajstić information content (AvgIpc) is 3.41. The molecule has 38 heavy (non-hydrogen) atoms. The van der Waals surface area contributed by atoms with Crippen LogP contribution < -0.4 is 10.1 Å². The van der Waals surface area contributed by atoms with Gasteiger partial charge in [0.2, 0.25) is 5.88 Å². The molecular weight excluding hydrogens is 520 g/mol. The Morgan fingerprint density at radius 1 is 1.13 bits per heavy atom. The number of aromatic nitrogens is 4. The van der Waals surface area contributed by atoms with E-state index in [2.05, 4.69) is 20.3 Å². The number of rotatable bonds is 5. The van der Waals surface area contributed by atoms with Crippen molar-refractivity contribution in [3.63, 3.8) is 0 Å². The van der Waals surface area contributed by atoms with Gasteiger partial charge in [0.1, 0.15) is 18.0 Å². The third-order valence-electron chi connectivity index (χ3n) is 6.72. The number of cyclic esters (lactones) is 1. The van der Waals surface area contributed by atoms with E-state index in [0.717, 1.165) is 6.20 Å². The maximum atomic E-state index is 14.0. The molecule has 0 spiro atoms. The van der Waals surface area contributed by atoms with Crippen LogP contribution in [0, 0.1) is 12.8 Å². The van der Waals surface area contributed by atoms with E-state index in [1.165, 1.54) is 18.3 Å². The van der Waals surface area contributed by atoms with Crippen molar-refractivity contribution in [2.75, 3.05) is 6.54 Å². The number of fused-ring (bicyclic) bond motifs is 1. The van der Waals surface area contributed by atoms with Gasteiger partial charge in [-0.2, -0.15) is 31.3 Å². The third kappa shape index (κ3) is 5.34. The Morgan fingerprint density at radius 2 is 1.87 bits per heavy atom. The predicted molar refractivity (Wildman–Crippen MR) is 121 cm³/mol. The van der Waals surface area contributed by atoms with Gasteiger partial charge in [0.15, 0.2) is 5.69 Å². The quantitative estimate of drug-likeness (QED) is 0.432. The van der Waals surface area contributed by atoms with Crippen LogP contribution in [0.2, 0.25) is 0 Å². The first-order valence-electron chi connectivity index (χ1n) is 12.0. The maximum Gasteiger partial charge on any atom is 0.434 e. The van der Waals surface area contributed by atoms with Crippen molar-refractivity contribution in [1.29, 1.82) is 0 Å². The van der Waals surface area contributed by atoms with Crippen molar-refractivity contribution >= 4 is 17.0 Å². The number of halogens is 6. The molecular formula is C24H23F6N5O3. The Labute approximate surface area is 212 Å². The summed E-state index contributed by atoms with van der Waals surface area (Å²) in [6, 6.07) is 2.81.